The Hall–Kier alpha value is -2.27. The Labute approximate surface area is 153 Å². The molecule has 0 fully saturated rings. The molecule has 1 amide bonds. The number of aromatic nitrogens is 1. The standard InChI is InChI=1S/C19H24ClN3O2/c1-3-4-5-8-25-17-9-13(2)6-7-14(17)11-22-19-16(20)10-15(12-23-19)18(21)24/h6-7,9-10,12H,3-5,8,11H2,1-2H3,(H2,21,24)(H,22,23). The number of nitrogens with two attached hydrogens (primary N) is 1. The third-order valence-corrected chi connectivity index (χ3v) is 4.09. The van der Waals surface area contributed by atoms with Crippen LogP contribution in [0, 0.1) is 6.92 Å². The number of nitrogens with one attached hydrogen (secondary N) is 1. The highest BCUT2D eigenvalue weighted by Crippen LogP contribution is 2.24. The second kappa shape index (κ2) is 9.28. The predicted octanol–water partition coefficient (Wildman–Crippen LogP) is 4.32. The number of unbranched alkanes of at least 4 members (excludes halogenated alkanes) is 2. The average Bonchev–Trinajstić information content (AvgIpc) is 2.58. The van der Waals surface area contributed by atoms with Gasteiger partial charge in [-0.05, 0) is 31.0 Å². The lowest BCUT2D eigenvalue weighted by Crippen LogP contribution is -2.12. The smallest absolute Gasteiger partial charge is 0.250 e. The number of anilines is 1. The highest BCUT2D eigenvalue weighted by molar-refractivity contribution is 6.33. The van der Waals surface area contributed by atoms with E-state index >= 15 is 0 Å². The van der Waals surface area contributed by atoms with Crippen LogP contribution in [0.1, 0.15) is 47.7 Å². The molecule has 134 valence electrons. The molecule has 2 aromatic rings. The van der Waals surface area contributed by atoms with Crippen LogP contribution in [0.4, 0.5) is 5.82 Å². The summed E-state index contributed by atoms with van der Waals surface area (Å²) in [7, 11) is 0. The maximum Gasteiger partial charge on any atom is 0.250 e. The zero-order valence-corrected chi connectivity index (χ0v) is 15.4. The summed E-state index contributed by atoms with van der Waals surface area (Å²) in [6.07, 6.45) is 4.77. The van der Waals surface area contributed by atoms with Gasteiger partial charge in [0.15, 0.2) is 0 Å². The fraction of sp³-hybridized carbons (Fsp3) is 0.368. The number of benzene rings is 1. The maximum atomic E-state index is 11.2. The highest BCUT2D eigenvalue weighted by atomic mass is 35.5. The molecule has 0 spiro atoms. The summed E-state index contributed by atoms with van der Waals surface area (Å²) in [5, 5.41) is 3.54. The van der Waals surface area contributed by atoms with E-state index in [1.54, 1.807) is 0 Å². The van der Waals surface area contributed by atoms with Gasteiger partial charge in [-0.25, -0.2) is 4.98 Å². The highest BCUT2D eigenvalue weighted by Gasteiger charge is 2.09. The molecule has 0 radical (unpaired) electrons. The first kappa shape index (κ1) is 19.1. The van der Waals surface area contributed by atoms with Gasteiger partial charge in [-0.3, -0.25) is 4.79 Å². The molecule has 0 saturated carbocycles. The van der Waals surface area contributed by atoms with Gasteiger partial charge in [0.2, 0.25) is 5.91 Å². The number of ether oxygens (including phenoxy) is 1. The summed E-state index contributed by atoms with van der Waals surface area (Å²) in [6, 6.07) is 7.62. The number of carbonyl (C=O) groups is 1. The molecule has 0 aliphatic rings. The normalized spacial score (nSPS) is 10.5. The van der Waals surface area contributed by atoms with E-state index in [9.17, 15) is 4.79 Å². The molecule has 0 bridgehead atoms. The first-order chi connectivity index (χ1) is 12.0. The molecule has 0 aliphatic heterocycles. The third-order valence-electron chi connectivity index (χ3n) is 3.80. The van der Waals surface area contributed by atoms with Gasteiger partial charge in [-0.2, -0.15) is 0 Å². The van der Waals surface area contributed by atoms with Crippen LogP contribution in [-0.4, -0.2) is 17.5 Å². The number of amides is 1. The molecule has 0 atom stereocenters. The number of hydrogen-bond acceptors (Lipinski definition) is 4. The Morgan fingerprint density at radius 3 is 2.80 bits per heavy atom. The Morgan fingerprint density at radius 2 is 2.12 bits per heavy atom. The summed E-state index contributed by atoms with van der Waals surface area (Å²) in [6.45, 7) is 5.43. The number of primary amides is 1. The van der Waals surface area contributed by atoms with Crippen molar-refractivity contribution in [2.75, 3.05) is 11.9 Å². The van der Waals surface area contributed by atoms with Crippen LogP contribution < -0.4 is 15.8 Å². The van der Waals surface area contributed by atoms with Crippen molar-refractivity contribution in [3.05, 3.63) is 52.2 Å². The lowest BCUT2D eigenvalue weighted by molar-refractivity contribution is 0.1000. The van der Waals surface area contributed by atoms with Gasteiger partial charge in [-0.15, -0.1) is 0 Å². The van der Waals surface area contributed by atoms with Crippen molar-refractivity contribution in [2.45, 2.75) is 39.7 Å². The summed E-state index contributed by atoms with van der Waals surface area (Å²) >= 11 is 6.16. The predicted molar refractivity (Wildman–Crippen MR) is 101 cm³/mol. The molecule has 0 saturated heterocycles. The van der Waals surface area contributed by atoms with E-state index < -0.39 is 5.91 Å². The van der Waals surface area contributed by atoms with Crippen LogP contribution in [0.5, 0.6) is 5.75 Å². The van der Waals surface area contributed by atoms with Crippen LogP contribution >= 0.6 is 11.6 Å². The van der Waals surface area contributed by atoms with E-state index in [-0.39, 0.29) is 5.56 Å². The van der Waals surface area contributed by atoms with Crippen molar-refractivity contribution in [2.24, 2.45) is 5.73 Å². The minimum atomic E-state index is -0.553. The van der Waals surface area contributed by atoms with E-state index in [1.807, 2.05) is 25.1 Å². The summed E-state index contributed by atoms with van der Waals surface area (Å²) < 4.78 is 5.93. The van der Waals surface area contributed by atoms with Gasteiger partial charge in [0.05, 0.1) is 17.2 Å². The van der Waals surface area contributed by atoms with Gasteiger partial charge < -0.3 is 15.8 Å². The second-order valence-corrected chi connectivity index (χ2v) is 6.35. The monoisotopic (exact) mass is 361 g/mol. The summed E-state index contributed by atoms with van der Waals surface area (Å²) in [4.78, 5) is 15.3. The van der Waals surface area contributed by atoms with Gasteiger partial charge in [0.25, 0.3) is 0 Å². The molecule has 25 heavy (non-hydrogen) atoms. The largest absolute Gasteiger partial charge is 0.493 e. The van der Waals surface area contributed by atoms with E-state index in [2.05, 4.69) is 17.2 Å². The zero-order valence-electron chi connectivity index (χ0n) is 14.6. The van der Waals surface area contributed by atoms with Crippen molar-refractivity contribution in [3.63, 3.8) is 0 Å². The lowest BCUT2D eigenvalue weighted by atomic mass is 10.1. The Bertz CT molecular complexity index is 735. The van der Waals surface area contributed by atoms with Crippen molar-refractivity contribution in [1.82, 2.24) is 4.98 Å². The van der Waals surface area contributed by atoms with E-state index in [1.165, 1.54) is 12.3 Å². The number of nitrogens with zero attached hydrogens (tertiary/aromatic N) is 1. The Morgan fingerprint density at radius 1 is 1.32 bits per heavy atom. The van der Waals surface area contributed by atoms with Crippen LogP contribution in [0.3, 0.4) is 0 Å². The molecular formula is C19H24ClN3O2. The molecule has 5 nitrogen and oxygen atoms in total. The molecule has 0 unspecified atom stereocenters. The Balaban J connectivity index is 2.06. The molecule has 1 aromatic carbocycles. The number of carbonyl (C=O) groups excluding carboxylic acids is 1. The van der Waals surface area contributed by atoms with Crippen molar-refractivity contribution >= 4 is 23.3 Å². The molecule has 3 N–H and O–H groups in total. The molecule has 0 aliphatic carbocycles. The first-order valence-electron chi connectivity index (χ1n) is 8.42. The van der Waals surface area contributed by atoms with Gasteiger partial charge in [0.1, 0.15) is 11.6 Å². The van der Waals surface area contributed by atoms with E-state index in [0.717, 1.165) is 36.1 Å². The molecular weight excluding hydrogens is 338 g/mol. The molecule has 1 aromatic heterocycles. The minimum Gasteiger partial charge on any atom is -0.493 e. The number of aryl methyl sites for hydroxylation is 1. The van der Waals surface area contributed by atoms with Crippen LogP contribution in [0.2, 0.25) is 5.02 Å². The fourth-order valence-corrected chi connectivity index (χ4v) is 2.59. The van der Waals surface area contributed by atoms with Crippen LogP contribution in [0.15, 0.2) is 30.5 Å². The van der Waals surface area contributed by atoms with Crippen molar-refractivity contribution < 1.29 is 9.53 Å². The quantitative estimate of drug-likeness (QED) is 0.652. The topological polar surface area (TPSA) is 77.2 Å². The fourth-order valence-electron chi connectivity index (χ4n) is 2.36. The number of rotatable bonds is 9. The zero-order chi connectivity index (χ0) is 18.2. The minimum absolute atomic E-state index is 0.283. The van der Waals surface area contributed by atoms with E-state index in [0.29, 0.717) is 24.0 Å². The molecule has 1 heterocycles. The van der Waals surface area contributed by atoms with Gasteiger partial charge >= 0.3 is 0 Å². The maximum absolute atomic E-state index is 11.2. The molecule has 6 heteroatoms. The average molecular weight is 362 g/mol. The van der Waals surface area contributed by atoms with Crippen molar-refractivity contribution in [3.8, 4) is 5.75 Å². The number of halogens is 1. The first-order valence-corrected chi connectivity index (χ1v) is 8.80. The van der Waals surface area contributed by atoms with Crippen molar-refractivity contribution in [1.29, 1.82) is 0 Å². The number of hydrogen-bond donors (Lipinski definition) is 2. The lowest BCUT2D eigenvalue weighted by Gasteiger charge is -2.14. The van der Waals surface area contributed by atoms with Gasteiger partial charge in [0, 0.05) is 18.3 Å². The van der Waals surface area contributed by atoms with Crippen LogP contribution in [0.25, 0.3) is 0 Å². The van der Waals surface area contributed by atoms with Gasteiger partial charge in [-0.1, -0.05) is 43.5 Å². The molecule has 2 rings (SSSR count). The number of pyridine rings is 1. The van der Waals surface area contributed by atoms with E-state index in [4.69, 9.17) is 22.1 Å². The SMILES string of the molecule is CCCCCOc1cc(C)ccc1CNc1ncc(C(N)=O)cc1Cl. The Kier molecular flexibility index (Phi) is 7.07. The third kappa shape index (κ3) is 5.64. The van der Waals surface area contributed by atoms with Crippen LogP contribution in [-0.2, 0) is 6.54 Å². The second-order valence-electron chi connectivity index (χ2n) is 5.94. The summed E-state index contributed by atoms with van der Waals surface area (Å²) in [5.41, 5.74) is 7.68. The summed E-state index contributed by atoms with van der Waals surface area (Å²) in [5.74, 6) is 0.819.